The van der Waals surface area contributed by atoms with Gasteiger partial charge in [-0.15, -0.1) is 0 Å². The number of amides is 1. The van der Waals surface area contributed by atoms with Crippen LogP contribution in [0.15, 0.2) is 18.2 Å². The van der Waals surface area contributed by atoms with E-state index < -0.39 is 0 Å². The quantitative estimate of drug-likeness (QED) is 0.867. The Morgan fingerprint density at radius 2 is 2.22 bits per heavy atom. The van der Waals surface area contributed by atoms with Gasteiger partial charge in [-0.2, -0.15) is 0 Å². The van der Waals surface area contributed by atoms with Crippen molar-refractivity contribution in [1.29, 1.82) is 0 Å². The van der Waals surface area contributed by atoms with Crippen molar-refractivity contribution in [3.63, 3.8) is 0 Å². The molecule has 1 unspecified atom stereocenters. The molecule has 18 heavy (non-hydrogen) atoms. The number of carbonyl (C=O) groups excluding carboxylic acids is 1. The monoisotopic (exact) mass is 249 g/mol. The molecule has 0 saturated carbocycles. The molecule has 1 fully saturated rings. The van der Waals surface area contributed by atoms with Gasteiger partial charge in [0.15, 0.2) is 11.5 Å². The summed E-state index contributed by atoms with van der Waals surface area (Å²) in [5.74, 6) is 1.66. The van der Waals surface area contributed by atoms with Gasteiger partial charge in [-0.1, -0.05) is 6.07 Å². The fraction of sp³-hybridized carbons (Fsp3) is 0.500. The van der Waals surface area contributed by atoms with Crippen LogP contribution in [-0.2, 0) is 11.2 Å². The third-order valence-corrected chi connectivity index (χ3v) is 3.09. The van der Waals surface area contributed by atoms with Gasteiger partial charge < -0.3 is 14.8 Å². The van der Waals surface area contributed by atoms with E-state index in [1.165, 1.54) is 0 Å². The second-order valence-electron chi connectivity index (χ2n) is 4.43. The molecule has 1 N–H and O–H groups in total. The number of methoxy groups -OCH3 is 1. The zero-order valence-corrected chi connectivity index (χ0v) is 10.9. The molecule has 0 spiro atoms. The van der Waals surface area contributed by atoms with Crippen molar-refractivity contribution in [1.82, 2.24) is 5.32 Å². The Hall–Kier alpha value is -1.71. The van der Waals surface area contributed by atoms with Crippen LogP contribution < -0.4 is 14.8 Å². The molecule has 1 aromatic rings. The van der Waals surface area contributed by atoms with Gasteiger partial charge in [0.1, 0.15) is 0 Å². The molecule has 1 aliphatic heterocycles. The van der Waals surface area contributed by atoms with E-state index >= 15 is 0 Å². The zero-order valence-electron chi connectivity index (χ0n) is 10.9. The van der Waals surface area contributed by atoms with E-state index in [1.54, 1.807) is 7.11 Å². The summed E-state index contributed by atoms with van der Waals surface area (Å²) in [5.41, 5.74) is 1.16. The molecule has 4 heteroatoms. The summed E-state index contributed by atoms with van der Waals surface area (Å²) in [5, 5.41) is 2.97. The third kappa shape index (κ3) is 2.94. The van der Waals surface area contributed by atoms with E-state index in [0.29, 0.717) is 13.0 Å². The summed E-state index contributed by atoms with van der Waals surface area (Å²) in [6.45, 7) is 2.57. The second kappa shape index (κ2) is 5.76. The SMILES string of the molecule is CCOc1ccc(CC2CCC(=O)N2)cc1OC. The van der Waals surface area contributed by atoms with Gasteiger partial charge in [0.2, 0.25) is 5.91 Å². The Kier molecular flexibility index (Phi) is 4.07. The minimum Gasteiger partial charge on any atom is -0.493 e. The standard InChI is InChI=1S/C14H19NO3/c1-3-18-12-6-4-10(9-13(12)17-2)8-11-5-7-14(16)15-11/h4,6,9,11H,3,5,7-8H2,1-2H3,(H,15,16). The largest absolute Gasteiger partial charge is 0.493 e. The Bertz CT molecular complexity index is 431. The van der Waals surface area contributed by atoms with Gasteiger partial charge in [-0.05, 0) is 37.5 Å². The minimum atomic E-state index is 0.151. The fourth-order valence-corrected chi connectivity index (χ4v) is 2.23. The van der Waals surface area contributed by atoms with Crippen LogP contribution in [0, 0.1) is 0 Å². The molecule has 0 aliphatic carbocycles. The van der Waals surface area contributed by atoms with Crippen molar-refractivity contribution in [2.24, 2.45) is 0 Å². The van der Waals surface area contributed by atoms with Gasteiger partial charge in [-0.25, -0.2) is 0 Å². The summed E-state index contributed by atoms with van der Waals surface area (Å²) in [4.78, 5) is 11.2. The lowest BCUT2D eigenvalue weighted by Gasteiger charge is -2.13. The number of rotatable bonds is 5. The van der Waals surface area contributed by atoms with E-state index in [-0.39, 0.29) is 11.9 Å². The molecule has 98 valence electrons. The fourth-order valence-electron chi connectivity index (χ4n) is 2.23. The molecule has 0 aromatic heterocycles. The zero-order chi connectivity index (χ0) is 13.0. The predicted octanol–water partition coefficient (Wildman–Crippen LogP) is 1.91. The van der Waals surface area contributed by atoms with Crippen molar-refractivity contribution in [3.8, 4) is 11.5 Å². The Balaban J connectivity index is 2.07. The average molecular weight is 249 g/mol. The predicted molar refractivity (Wildman–Crippen MR) is 69.0 cm³/mol. The highest BCUT2D eigenvalue weighted by atomic mass is 16.5. The van der Waals surface area contributed by atoms with Crippen LogP contribution in [0.25, 0.3) is 0 Å². The first-order valence-corrected chi connectivity index (χ1v) is 6.32. The number of carbonyl (C=O) groups is 1. The van der Waals surface area contributed by atoms with Crippen LogP contribution in [0.3, 0.4) is 0 Å². The first-order chi connectivity index (χ1) is 8.72. The highest BCUT2D eigenvalue weighted by Crippen LogP contribution is 2.29. The van der Waals surface area contributed by atoms with Gasteiger partial charge >= 0.3 is 0 Å². The summed E-state index contributed by atoms with van der Waals surface area (Å²) in [7, 11) is 1.64. The number of benzene rings is 1. The van der Waals surface area contributed by atoms with E-state index in [4.69, 9.17) is 9.47 Å². The lowest BCUT2D eigenvalue weighted by atomic mass is 10.0. The summed E-state index contributed by atoms with van der Waals surface area (Å²) in [6, 6.07) is 6.18. The number of ether oxygens (including phenoxy) is 2. The van der Waals surface area contributed by atoms with Crippen LogP contribution in [0.2, 0.25) is 0 Å². The molecule has 0 bridgehead atoms. The Morgan fingerprint density at radius 1 is 1.39 bits per heavy atom. The van der Waals surface area contributed by atoms with Crippen LogP contribution in [-0.4, -0.2) is 25.7 Å². The molecule has 2 rings (SSSR count). The molecule has 1 amide bonds. The normalized spacial score (nSPS) is 18.6. The number of hydrogen-bond donors (Lipinski definition) is 1. The summed E-state index contributed by atoms with van der Waals surface area (Å²) < 4.78 is 10.8. The van der Waals surface area contributed by atoms with Crippen molar-refractivity contribution in [2.45, 2.75) is 32.2 Å². The van der Waals surface area contributed by atoms with E-state index in [9.17, 15) is 4.79 Å². The molecule has 1 aliphatic rings. The first-order valence-electron chi connectivity index (χ1n) is 6.32. The lowest BCUT2D eigenvalue weighted by molar-refractivity contribution is -0.119. The molecule has 1 heterocycles. The number of hydrogen-bond acceptors (Lipinski definition) is 3. The topological polar surface area (TPSA) is 47.6 Å². The maximum absolute atomic E-state index is 11.2. The second-order valence-corrected chi connectivity index (χ2v) is 4.43. The summed E-state index contributed by atoms with van der Waals surface area (Å²) in [6.07, 6.45) is 2.39. The lowest BCUT2D eigenvalue weighted by Crippen LogP contribution is -2.27. The van der Waals surface area contributed by atoms with Gasteiger partial charge in [0.25, 0.3) is 0 Å². The van der Waals surface area contributed by atoms with E-state index in [2.05, 4.69) is 5.32 Å². The molecule has 1 aromatic carbocycles. The van der Waals surface area contributed by atoms with Gasteiger partial charge in [-0.3, -0.25) is 4.79 Å². The van der Waals surface area contributed by atoms with Crippen LogP contribution >= 0.6 is 0 Å². The molecule has 1 saturated heterocycles. The minimum absolute atomic E-state index is 0.151. The highest BCUT2D eigenvalue weighted by molar-refractivity contribution is 5.78. The molecule has 1 atom stereocenters. The Labute approximate surface area is 107 Å². The van der Waals surface area contributed by atoms with Crippen LogP contribution in [0.4, 0.5) is 0 Å². The molecule has 0 radical (unpaired) electrons. The summed E-state index contributed by atoms with van der Waals surface area (Å²) >= 11 is 0. The van der Waals surface area contributed by atoms with Gasteiger partial charge in [0, 0.05) is 12.5 Å². The third-order valence-electron chi connectivity index (χ3n) is 3.09. The van der Waals surface area contributed by atoms with Gasteiger partial charge in [0.05, 0.1) is 13.7 Å². The number of nitrogens with one attached hydrogen (secondary N) is 1. The van der Waals surface area contributed by atoms with Crippen molar-refractivity contribution < 1.29 is 14.3 Å². The Morgan fingerprint density at radius 3 is 2.83 bits per heavy atom. The van der Waals surface area contributed by atoms with Crippen molar-refractivity contribution in [3.05, 3.63) is 23.8 Å². The van der Waals surface area contributed by atoms with Crippen molar-refractivity contribution in [2.75, 3.05) is 13.7 Å². The van der Waals surface area contributed by atoms with Crippen LogP contribution in [0.1, 0.15) is 25.3 Å². The maximum atomic E-state index is 11.2. The maximum Gasteiger partial charge on any atom is 0.220 e. The van der Waals surface area contributed by atoms with Crippen LogP contribution in [0.5, 0.6) is 11.5 Å². The smallest absolute Gasteiger partial charge is 0.220 e. The molecule has 4 nitrogen and oxygen atoms in total. The van der Waals surface area contributed by atoms with E-state index in [0.717, 1.165) is 29.9 Å². The van der Waals surface area contributed by atoms with E-state index in [1.807, 2.05) is 25.1 Å². The first kappa shape index (κ1) is 12.7. The van der Waals surface area contributed by atoms with Crippen molar-refractivity contribution >= 4 is 5.91 Å². The highest BCUT2D eigenvalue weighted by Gasteiger charge is 2.21. The molecular formula is C14H19NO3. The average Bonchev–Trinajstić information content (AvgIpc) is 2.77. The molecular weight excluding hydrogens is 230 g/mol.